The fraction of sp³-hybridized carbons (Fsp3) is 0.611. The van der Waals surface area contributed by atoms with E-state index in [2.05, 4.69) is 4.72 Å². The van der Waals surface area contributed by atoms with Crippen LogP contribution in [-0.4, -0.2) is 26.7 Å². The molecule has 2 saturated carbocycles. The molecule has 0 saturated heterocycles. The lowest BCUT2D eigenvalue weighted by Crippen LogP contribution is -2.45. The van der Waals surface area contributed by atoms with E-state index in [9.17, 15) is 13.2 Å². The number of carbonyl (C=O) groups is 1. The fourth-order valence-electron chi connectivity index (χ4n) is 4.73. The highest BCUT2D eigenvalue weighted by Crippen LogP contribution is 2.64. The molecule has 1 aromatic rings. The lowest BCUT2D eigenvalue weighted by molar-refractivity contribution is -0.128. The lowest BCUT2D eigenvalue weighted by atomic mass is 9.70. The smallest absolute Gasteiger partial charge is 0.231 e. The Morgan fingerprint density at radius 2 is 2.00 bits per heavy atom. The van der Waals surface area contributed by atoms with Gasteiger partial charge >= 0.3 is 0 Å². The molecule has 3 aliphatic rings. The molecule has 25 heavy (non-hydrogen) atoms. The van der Waals surface area contributed by atoms with Gasteiger partial charge in [0.15, 0.2) is 11.5 Å². The molecule has 0 unspecified atom stereocenters. The van der Waals surface area contributed by atoms with E-state index in [1.807, 2.05) is 19.9 Å². The van der Waals surface area contributed by atoms with Crippen LogP contribution < -0.4 is 14.2 Å². The van der Waals surface area contributed by atoms with E-state index >= 15 is 0 Å². The third-order valence-corrected chi connectivity index (χ3v) is 7.97. The molecular weight excluding hydrogens is 342 g/mol. The zero-order valence-electron chi connectivity index (χ0n) is 14.5. The van der Waals surface area contributed by atoms with Crippen LogP contribution in [0.15, 0.2) is 18.2 Å². The summed E-state index contributed by atoms with van der Waals surface area (Å²) < 4.78 is 38.6. The van der Waals surface area contributed by atoms with E-state index in [1.165, 1.54) is 0 Å². The van der Waals surface area contributed by atoms with Gasteiger partial charge in [-0.1, -0.05) is 19.9 Å². The summed E-state index contributed by atoms with van der Waals surface area (Å²) in [6, 6.07) is 5.36. The van der Waals surface area contributed by atoms with Gasteiger partial charge in [0.05, 0.1) is 5.75 Å². The van der Waals surface area contributed by atoms with Crippen molar-refractivity contribution < 1.29 is 22.7 Å². The molecule has 6 nitrogen and oxygen atoms in total. The van der Waals surface area contributed by atoms with Gasteiger partial charge in [-0.25, -0.2) is 13.1 Å². The van der Waals surface area contributed by atoms with Crippen molar-refractivity contribution in [3.63, 3.8) is 0 Å². The number of hydrogen-bond donors (Lipinski definition) is 1. The van der Waals surface area contributed by atoms with Gasteiger partial charge in [0, 0.05) is 18.4 Å². The van der Waals surface area contributed by atoms with E-state index in [1.54, 1.807) is 12.1 Å². The highest BCUT2D eigenvalue weighted by molar-refractivity contribution is 7.89. The second-order valence-corrected chi connectivity index (χ2v) is 9.74. The third-order valence-electron chi connectivity index (χ3n) is 6.51. The van der Waals surface area contributed by atoms with Crippen LogP contribution in [0.3, 0.4) is 0 Å². The van der Waals surface area contributed by atoms with Crippen molar-refractivity contribution >= 4 is 15.8 Å². The number of hydrogen-bond acceptors (Lipinski definition) is 5. The minimum Gasteiger partial charge on any atom is -0.454 e. The SMILES string of the molecule is CC1(C)[C@@H]2CC[C@]1(CS(=O)(=O)NCc1ccc3c(c1)OCO3)C(=O)C2. The molecule has 0 aromatic heterocycles. The number of rotatable bonds is 5. The van der Waals surface area contributed by atoms with Gasteiger partial charge in [-0.2, -0.15) is 0 Å². The van der Waals surface area contributed by atoms with E-state index in [-0.39, 0.29) is 30.3 Å². The van der Waals surface area contributed by atoms with Gasteiger partial charge in [-0.3, -0.25) is 4.79 Å². The molecule has 2 bridgehead atoms. The van der Waals surface area contributed by atoms with Crippen molar-refractivity contribution in [1.82, 2.24) is 4.72 Å². The van der Waals surface area contributed by atoms with Crippen molar-refractivity contribution in [3.8, 4) is 11.5 Å². The molecule has 7 heteroatoms. The summed E-state index contributed by atoms with van der Waals surface area (Å²) in [4.78, 5) is 12.5. The summed E-state index contributed by atoms with van der Waals surface area (Å²) in [5.74, 6) is 1.60. The highest BCUT2D eigenvalue weighted by atomic mass is 32.2. The second kappa shape index (κ2) is 5.45. The number of Topliss-reactive ketones (excluding diaryl/α,β-unsaturated/α-hetero) is 1. The molecule has 2 fully saturated rings. The summed E-state index contributed by atoms with van der Waals surface area (Å²) >= 11 is 0. The molecule has 1 N–H and O–H groups in total. The summed E-state index contributed by atoms with van der Waals surface area (Å²) in [5.41, 5.74) is -0.192. The number of fused-ring (bicyclic) bond motifs is 3. The molecule has 0 amide bonds. The standard InChI is InChI=1S/C18H23NO5S/c1-17(2)13-5-6-18(17,16(20)8-13)10-25(21,22)19-9-12-3-4-14-15(7-12)24-11-23-14/h3-4,7,13,19H,5-6,8-11H2,1-2H3/t13-,18+/m1/s1. The average molecular weight is 365 g/mol. The Labute approximate surface area is 147 Å². The van der Waals surface area contributed by atoms with Gasteiger partial charge in [0.1, 0.15) is 5.78 Å². The maximum absolute atomic E-state index is 12.7. The van der Waals surface area contributed by atoms with Crippen LogP contribution in [0.25, 0.3) is 0 Å². The normalized spacial score (nSPS) is 29.4. The predicted molar refractivity (Wildman–Crippen MR) is 91.8 cm³/mol. The molecular formula is C18H23NO5S. The zero-order chi connectivity index (χ0) is 17.9. The van der Waals surface area contributed by atoms with E-state index in [4.69, 9.17) is 9.47 Å². The molecule has 1 aliphatic heterocycles. The first-order chi connectivity index (χ1) is 11.7. The number of ketones is 1. The van der Waals surface area contributed by atoms with Crippen molar-refractivity contribution in [2.24, 2.45) is 16.7 Å². The van der Waals surface area contributed by atoms with Crippen LogP contribution in [-0.2, 0) is 21.4 Å². The number of nitrogens with one attached hydrogen (secondary N) is 1. The first-order valence-electron chi connectivity index (χ1n) is 8.63. The molecule has 1 aromatic carbocycles. The van der Waals surface area contributed by atoms with Gasteiger partial charge in [0.25, 0.3) is 0 Å². The Morgan fingerprint density at radius 1 is 1.24 bits per heavy atom. The third kappa shape index (κ3) is 2.56. The van der Waals surface area contributed by atoms with Crippen LogP contribution in [0.4, 0.5) is 0 Å². The predicted octanol–water partition coefficient (Wildman–Crippen LogP) is 2.23. The van der Waals surface area contributed by atoms with E-state index in [0.29, 0.717) is 30.3 Å². The number of sulfonamides is 1. The molecule has 0 radical (unpaired) electrons. The number of benzene rings is 1. The first-order valence-corrected chi connectivity index (χ1v) is 10.3. The minimum atomic E-state index is -3.57. The Morgan fingerprint density at radius 3 is 2.68 bits per heavy atom. The van der Waals surface area contributed by atoms with Gasteiger partial charge in [-0.05, 0) is 41.9 Å². The van der Waals surface area contributed by atoms with Gasteiger partial charge in [0.2, 0.25) is 16.8 Å². The molecule has 2 atom stereocenters. The minimum absolute atomic E-state index is 0.113. The van der Waals surface area contributed by atoms with Gasteiger partial charge < -0.3 is 9.47 Å². The molecule has 2 aliphatic carbocycles. The summed E-state index contributed by atoms with van der Waals surface area (Å²) in [5, 5.41) is 0. The Balaban J connectivity index is 1.48. The first kappa shape index (κ1) is 16.8. The highest BCUT2D eigenvalue weighted by Gasteiger charge is 2.65. The topological polar surface area (TPSA) is 81.7 Å². The summed E-state index contributed by atoms with van der Waals surface area (Å²) in [6.45, 7) is 4.45. The lowest BCUT2D eigenvalue weighted by Gasteiger charge is -2.36. The largest absolute Gasteiger partial charge is 0.454 e. The summed E-state index contributed by atoms with van der Waals surface area (Å²) in [7, 11) is -3.57. The Kier molecular flexibility index (Phi) is 3.67. The van der Waals surface area contributed by atoms with Crippen LogP contribution in [0.1, 0.15) is 38.7 Å². The van der Waals surface area contributed by atoms with E-state index in [0.717, 1.165) is 12.0 Å². The average Bonchev–Trinajstić information content (AvgIpc) is 3.15. The zero-order valence-corrected chi connectivity index (χ0v) is 15.3. The van der Waals surface area contributed by atoms with Crippen LogP contribution in [0, 0.1) is 16.7 Å². The Hall–Kier alpha value is -1.60. The van der Waals surface area contributed by atoms with Crippen LogP contribution in [0.5, 0.6) is 11.5 Å². The monoisotopic (exact) mass is 365 g/mol. The van der Waals surface area contributed by atoms with Crippen LogP contribution >= 0.6 is 0 Å². The Bertz CT molecular complexity index is 832. The van der Waals surface area contributed by atoms with E-state index < -0.39 is 15.4 Å². The molecule has 136 valence electrons. The summed E-state index contributed by atoms with van der Waals surface area (Å²) in [6.07, 6.45) is 2.13. The van der Waals surface area contributed by atoms with Crippen molar-refractivity contribution in [2.75, 3.05) is 12.5 Å². The quantitative estimate of drug-likeness (QED) is 0.865. The second-order valence-electron chi connectivity index (χ2n) is 7.93. The van der Waals surface area contributed by atoms with Crippen molar-refractivity contribution in [1.29, 1.82) is 0 Å². The van der Waals surface area contributed by atoms with Gasteiger partial charge in [-0.15, -0.1) is 0 Å². The van der Waals surface area contributed by atoms with Crippen molar-refractivity contribution in [2.45, 2.75) is 39.7 Å². The number of carbonyl (C=O) groups excluding carboxylic acids is 1. The maximum atomic E-state index is 12.7. The molecule has 4 rings (SSSR count). The van der Waals surface area contributed by atoms with Crippen LogP contribution in [0.2, 0.25) is 0 Å². The number of ether oxygens (including phenoxy) is 2. The molecule has 1 heterocycles. The fourth-order valence-corrected chi connectivity index (χ4v) is 6.54. The van der Waals surface area contributed by atoms with Crippen molar-refractivity contribution in [3.05, 3.63) is 23.8 Å². The maximum Gasteiger partial charge on any atom is 0.231 e. The molecule has 0 spiro atoms.